The van der Waals surface area contributed by atoms with E-state index in [1.54, 1.807) is 6.07 Å². The standard InChI is InChI=1S/C21H24ClN3O2/c22-17-7-4-6-16(12-17)19-15-25-14-18(13-20(25)21(26)23-19)27-11-5-10-24-8-2-1-3-9-24/h4,6-7,12-15H,1-3,5,8-11H2,(H,23,26). The van der Waals surface area contributed by atoms with Crippen LogP contribution in [0.5, 0.6) is 5.75 Å². The van der Waals surface area contributed by atoms with Crippen LogP contribution >= 0.6 is 11.6 Å². The Hall–Kier alpha value is -2.24. The van der Waals surface area contributed by atoms with E-state index in [-0.39, 0.29) is 5.56 Å². The molecule has 1 aromatic carbocycles. The van der Waals surface area contributed by atoms with Crippen molar-refractivity contribution in [2.75, 3.05) is 26.2 Å². The van der Waals surface area contributed by atoms with E-state index in [9.17, 15) is 4.79 Å². The zero-order valence-corrected chi connectivity index (χ0v) is 16.0. The molecule has 6 heteroatoms. The van der Waals surface area contributed by atoms with Gasteiger partial charge in [0, 0.05) is 29.4 Å². The number of aromatic amines is 1. The molecule has 5 nitrogen and oxygen atoms in total. The van der Waals surface area contributed by atoms with Gasteiger partial charge in [0.25, 0.3) is 5.56 Å². The third-order valence-corrected chi connectivity index (χ3v) is 5.28. The van der Waals surface area contributed by atoms with Gasteiger partial charge in [-0.15, -0.1) is 0 Å². The summed E-state index contributed by atoms with van der Waals surface area (Å²) >= 11 is 6.06. The first kappa shape index (κ1) is 18.1. The highest BCUT2D eigenvalue weighted by Crippen LogP contribution is 2.22. The number of hydrogen-bond acceptors (Lipinski definition) is 3. The first-order valence-corrected chi connectivity index (χ1v) is 9.93. The summed E-state index contributed by atoms with van der Waals surface area (Å²) in [7, 11) is 0. The third kappa shape index (κ3) is 4.37. The molecule has 1 aliphatic heterocycles. The highest BCUT2D eigenvalue weighted by molar-refractivity contribution is 6.30. The summed E-state index contributed by atoms with van der Waals surface area (Å²) in [5, 5.41) is 0.638. The second kappa shape index (κ2) is 8.19. The fourth-order valence-electron chi connectivity index (χ4n) is 3.64. The van der Waals surface area contributed by atoms with E-state index in [0.717, 1.165) is 30.0 Å². The highest BCUT2D eigenvalue weighted by Gasteiger charge is 2.10. The summed E-state index contributed by atoms with van der Waals surface area (Å²) < 4.78 is 7.69. The van der Waals surface area contributed by atoms with E-state index in [2.05, 4.69) is 9.88 Å². The van der Waals surface area contributed by atoms with Crippen molar-refractivity contribution in [1.82, 2.24) is 14.3 Å². The minimum atomic E-state index is -0.143. The topological polar surface area (TPSA) is 49.7 Å². The predicted octanol–water partition coefficient (Wildman–Crippen LogP) is 4.20. The fourth-order valence-corrected chi connectivity index (χ4v) is 3.83. The van der Waals surface area contributed by atoms with Gasteiger partial charge < -0.3 is 19.0 Å². The van der Waals surface area contributed by atoms with Crippen LogP contribution in [0.3, 0.4) is 0 Å². The van der Waals surface area contributed by atoms with Crippen LogP contribution < -0.4 is 10.3 Å². The summed E-state index contributed by atoms with van der Waals surface area (Å²) in [4.78, 5) is 17.9. The van der Waals surface area contributed by atoms with E-state index in [1.165, 1.54) is 32.4 Å². The summed E-state index contributed by atoms with van der Waals surface area (Å²) in [6.07, 6.45) is 8.72. The number of fused-ring (bicyclic) bond motifs is 1. The molecular weight excluding hydrogens is 362 g/mol. The van der Waals surface area contributed by atoms with Crippen LogP contribution in [0.1, 0.15) is 25.7 Å². The second-order valence-corrected chi connectivity index (χ2v) is 7.52. The van der Waals surface area contributed by atoms with Crippen LogP contribution in [-0.2, 0) is 0 Å². The Morgan fingerprint density at radius 3 is 2.78 bits per heavy atom. The average Bonchev–Trinajstić information content (AvgIpc) is 3.10. The molecule has 1 fully saturated rings. The molecule has 0 saturated carbocycles. The molecule has 1 saturated heterocycles. The lowest BCUT2D eigenvalue weighted by atomic mass is 10.1. The Balaban J connectivity index is 1.44. The number of likely N-dealkylation sites (tertiary alicyclic amines) is 1. The summed E-state index contributed by atoms with van der Waals surface area (Å²) in [5.41, 5.74) is 2.03. The molecule has 1 N–H and O–H groups in total. The number of H-pyrrole nitrogens is 1. The monoisotopic (exact) mass is 385 g/mol. The van der Waals surface area contributed by atoms with Crippen molar-refractivity contribution in [3.63, 3.8) is 0 Å². The Labute approximate surface area is 163 Å². The Kier molecular flexibility index (Phi) is 5.50. The number of ether oxygens (including phenoxy) is 1. The van der Waals surface area contributed by atoms with Crippen LogP contribution in [-0.4, -0.2) is 40.5 Å². The van der Waals surface area contributed by atoms with Crippen LogP contribution in [0.25, 0.3) is 16.8 Å². The van der Waals surface area contributed by atoms with Crippen molar-refractivity contribution in [2.45, 2.75) is 25.7 Å². The van der Waals surface area contributed by atoms with Gasteiger partial charge in [0.1, 0.15) is 11.3 Å². The lowest BCUT2D eigenvalue weighted by molar-refractivity contribution is 0.205. The number of benzene rings is 1. The largest absolute Gasteiger partial charge is 0.492 e. The molecular formula is C21H24ClN3O2. The summed E-state index contributed by atoms with van der Waals surface area (Å²) in [6.45, 7) is 4.15. The molecule has 0 aliphatic carbocycles. The summed E-state index contributed by atoms with van der Waals surface area (Å²) in [6, 6.07) is 9.23. The Morgan fingerprint density at radius 2 is 1.96 bits per heavy atom. The van der Waals surface area contributed by atoms with Crippen molar-refractivity contribution < 1.29 is 4.74 Å². The molecule has 1 aliphatic rings. The molecule has 4 rings (SSSR count). The molecule has 142 valence electrons. The van der Waals surface area contributed by atoms with Gasteiger partial charge in [-0.05, 0) is 44.5 Å². The smallest absolute Gasteiger partial charge is 0.272 e. The molecule has 0 atom stereocenters. The maximum atomic E-state index is 12.4. The first-order valence-electron chi connectivity index (χ1n) is 9.55. The summed E-state index contributed by atoms with van der Waals surface area (Å²) in [5.74, 6) is 0.724. The van der Waals surface area contributed by atoms with Crippen LogP contribution in [0.4, 0.5) is 0 Å². The van der Waals surface area contributed by atoms with E-state index in [0.29, 0.717) is 17.1 Å². The Bertz CT molecular complexity index is 973. The molecule has 0 bridgehead atoms. The minimum Gasteiger partial charge on any atom is -0.492 e. The SMILES string of the molecule is O=c1[nH]c(-c2cccc(Cl)c2)cn2cc(OCCCN3CCCCC3)cc12. The number of aromatic nitrogens is 2. The molecule has 0 spiro atoms. The first-order chi connectivity index (χ1) is 13.2. The second-order valence-electron chi connectivity index (χ2n) is 7.08. The van der Waals surface area contributed by atoms with E-state index < -0.39 is 0 Å². The van der Waals surface area contributed by atoms with Gasteiger partial charge in [-0.2, -0.15) is 0 Å². The molecule has 0 unspecified atom stereocenters. The van der Waals surface area contributed by atoms with Gasteiger partial charge in [-0.3, -0.25) is 4.79 Å². The van der Waals surface area contributed by atoms with Gasteiger partial charge in [0.2, 0.25) is 0 Å². The molecule has 0 radical (unpaired) electrons. The maximum absolute atomic E-state index is 12.4. The molecule has 0 amide bonds. The highest BCUT2D eigenvalue weighted by atomic mass is 35.5. The quantitative estimate of drug-likeness (QED) is 0.647. The molecule has 3 aromatic rings. The number of piperidine rings is 1. The number of nitrogens with zero attached hydrogens (tertiary/aromatic N) is 2. The van der Waals surface area contributed by atoms with E-state index in [4.69, 9.17) is 16.3 Å². The van der Waals surface area contributed by atoms with Crippen molar-refractivity contribution in [2.24, 2.45) is 0 Å². The number of hydrogen-bond donors (Lipinski definition) is 1. The van der Waals surface area contributed by atoms with Crippen LogP contribution in [0.15, 0.2) is 47.5 Å². The zero-order chi connectivity index (χ0) is 18.6. The maximum Gasteiger partial charge on any atom is 0.272 e. The van der Waals surface area contributed by atoms with Gasteiger partial charge in [-0.1, -0.05) is 30.2 Å². The van der Waals surface area contributed by atoms with Gasteiger partial charge in [-0.25, -0.2) is 0 Å². The lowest BCUT2D eigenvalue weighted by Crippen LogP contribution is -2.31. The number of rotatable bonds is 6. The van der Waals surface area contributed by atoms with E-state index in [1.807, 2.05) is 41.1 Å². The molecule has 3 heterocycles. The van der Waals surface area contributed by atoms with Gasteiger partial charge in [0.15, 0.2) is 0 Å². The minimum absolute atomic E-state index is 0.143. The van der Waals surface area contributed by atoms with Gasteiger partial charge in [0.05, 0.1) is 18.5 Å². The third-order valence-electron chi connectivity index (χ3n) is 5.04. The fraction of sp³-hybridized carbons (Fsp3) is 0.381. The lowest BCUT2D eigenvalue weighted by Gasteiger charge is -2.26. The number of nitrogens with one attached hydrogen (secondary N) is 1. The zero-order valence-electron chi connectivity index (χ0n) is 15.3. The predicted molar refractivity (Wildman–Crippen MR) is 109 cm³/mol. The molecule has 27 heavy (non-hydrogen) atoms. The van der Waals surface area contributed by atoms with Crippen molar-refractivity contribution in [1.29, 1.82) is 0 Å². The van der Waals surface area contributed by atoms with Crippen molar-refractivity contribution in [3.8, 4) is 17.0 Å². The van der Waals surface area contributed by atoms with Gasteiger partial charge >= 0.3 is 0 Å². The van der Waals surface area contributed by atoms with Crippen molar-refractivity contribution in [3.05, 3.63) is 58.1 Å². The van der Waals surface area contributed by atoms with E-state index >= 15 is 0 Å². The van der Waals surface area contributed by atoms with Crippen LogP contribution in [0.2, 0.25) is 5.02 Å². The average molecular weight is 386 g/mol. The molecule has 2 aromatic heterocycles. The normalized spacial score (nSPS) is 15.3. The van der Waals surface area contributed by atoms with Crippen molar-refractivity contribution >= 4 is 17.1 Å². The number of halogens is 1. The van der Waals surface area contributed by atoms with Crippen LogP contribution in [0, 0.1) is 0 Å². The Morgan fingerprint density at radius 1 is 1.11 bits per heavy atom.